The Bertz CT molecular complexity index is 830. The van der Waals surface area contributed by atoms with E-state index in [-0.39, 0.29) is 5.37 Å². The molecule has 0 aromatic heterocycles. The number of carbonyl (C=O) groups is 1. The van der Waals surface area contributed by atoms with Crippen molar-refractivity contribution in [1.82, 2.24) is 5.32 Å². The summed E-state index contributed by atoms with van der Waals surface area (Å²) >= 11 is 5.16. The second-order valence-electron chi connectivity index (χ2n) is 6.31. The van der Waals surface area contributed by atoms with E-state index in [4.69, 9.17) is 9.47 Å². The molecule has 0 saturated carbocycles. The van der Waals surface area contributed by atoms with Gasteiger partial charge < -0.3 is 14.6 Å². The quantitative estimate of drug-likeness (QED) is 0.644. The molecule has 2 atom stereocenters. The number of ether oxygens (including phenoxy) is 2. The van der Waals surface area contributed by atoms with Crippen molar-refractivity contribution in [3.05, 3.63) is 57.6 Å². The molecule has 0 spiro atoms. The molecule has 0 radical (unpaired) electrons. The van der Waals surface area contributed by atoms with Crippen molar-refractivity contribution in [2.45, 2.75) is 31.9 Å². The van der Waals surface area contributed by atoms with Crippen molar-refractivity contribution in [1.29, 1.82) is 0 Å². The highest BCUT2D eigenvalue weighted by Gasteiger charge is 2.31. The van der Waals surface area contributed by atoms with Gasteiger partial charge in [0.25, 0.3) is 0 Å². The molecule has 1 saturated heterocycles. The first kappa shape index (κ1) is 20.0. The number of thioether (sulfide) groups is 1. The Labute approximate surface area is 171 Å². The Balaban J connectivity index is 1.81. The average molecular weight is 452 g/mol. The maximum atomic E-state index is 11.2. The lowest BCUT2D eigenvalue weighted by molar-refractivity contribution is -0.138. The molecule has 0 bridgehead atoms. The fraction of sp³-hybridized carbons (Fsp3) is 0.350. The minimum Gasteiger partial charge on any atom is -0.490 e. The summed E-state index contributed by atoms with van der Waals surface area (Å²) in [5.41, 5.74) is 3.24. The summed E-state index contributed by atoms with van der Waals surface area (Å²) in [5.74, 6) is 1.01. The third-order valence-electron chi connectivity index (χ3n) is 4.18. The van der Waals surface area contributed by atoms with Crippen LogP contribution in [0, 0.1) is 6.92 Å². The average Bonchev–Trinajstić information content (AvgIpc) is 3.11. The van der Waals surface area contributed by atoms with Crippen molar-refractivity contribution in [2.24, 2.45) is 0 Å². The summed E-state index contributed by atoms with van der Waals surface area (Å²) in [6, 6.07) is 11.5. The van der Waals surface area contributed by atoms with Crippen molar-refractivity contribution in [3.63, 3.8) is 0 Å². The minimum atomic E-state index is -0.827. The van der Waals surface area contributed by atoms with E-state index in [2.05, 4.69) is 40.3 Å². The summed E-state index contributed by atoms with van der Waals surface area (Å²) in [4.78, 5) is 11.2. The number of aryl methyl sites for hydroxylation is 1. The lowest BCUT2D eigenvalue weighted by Gasteiger charge is -2.18. The van der Waals surface area contributed by atoms with Crippen LogP contribution in [0.5, 0.6) is 11.5 Å². The van der Waals surface area contributed by atoms with E-state index in [1.807, 2.05) is 31.2 Å². The van der Waals surface area contributed by atoms with Crippen LogP contribution in [0.1, 0.15) is 29.0 Å². The number of hydrogen-bond donors (Lipinski definition) is 2. The zero-order valence-electron chi connectivity index (χ0n) is 15.2. The topological polar surface area (TPSA) is 67.8 Å². The lowest BCUT2D eigenvalue weighted by Crippen LogP contribution is -2.33. The van der Waals surface area contributed by atoms with Gasteiger partial charge in [-0.2, -0.15) is 0 Å². The van der Waals surface area contributed by atoms with Gasteiger partial charge in [0.2, 0.25) is 0 Å². The van der Waals surface area contributed by atoms with Crippen molar-refractivity contribution in [3.8, 4) is 11.5 Å². The van der Waals surface area contributed by atoms with Gasteiger partial charge in [-0.15, -0.1) is 11.8 Å². The molecule has 1 aliphatic heterocycles. The van der Waals surface area contributed by atoms with E-state index in [1.165, 1.54) is 5.56 Å². The maximum absolute atomic E-state index is 11.2. The van der Waals surface area contributed by atoms with Crippen molar-refractivity contribution < 1.29 is 19.4 Å². The summed E-state index contributed by atoms with van der Waals surface area (Å²) in [5, 5.41) is 12.2. The maximum Gasteiger partial charge on any atom is 0.321 e. The Hall–Kier alpha value is -1.70. The Kier molecular flexibility index (Phi) is 6.68. The first-order valence-electron chi connectivity index (χ1n) is 8.73. The smallest absolute Gasteiger partial charge is 0.321 e. The van der Waals surface area contributed by atoms with Crippen LogP contribution in [-0.4, -0.2) is 29.5 Å². The van der Waals surface area contributed by atoms with Crippen LogP contribution in [0.4, 0.5) is 0 Å². The number of carboxylic acids is 1. The summed E-state index contributed by atoms with van der Waals surface area (Å²) in [6.07, 6.45) is 0. The number of nitrogens with one attached hydrogen (secondary N) is 1. The van der Waals surface area contributed by atoms with Crippen LogP contribution in [0.2, 0.25) is 0 Å². The molecule has 1 heterocycles. The van der Waals surface area contributed by atoms with Gasteiger partial charge >= 0.3 is 5.97 Å². The molecule has 3 rings (SSSR count). The number of aliphatic carboxylic acids is 1. The van der Waals surface area contributed by atoms with Gasteiger partial charge in [0.1, 0.15) is 12.6 Å². The fourth-order valence-corrected chi connectivity index (χ4v) is 4.69. The molecule has 0 amide bonds. The Morgan fingerprint density at radius 3 is 2.81 bits per heavy atom. The van der Waals surface area contributed by atoms with Crippen LogP contribution >= 0.6 is 27.7 Å². The van der Waals surface area contributed by atoms with E-state index < -0.39 is 12.0 Å². The van der Waals surface area contributed by atoms with Crippen LogP contribution < -0.4 is 14.8 Å². The predicted octanol–water partition coefficient (Wildman–Crippen LogP) is 4.52. The molecular formula is C20H22BrNO4S. The number of halogens is 1. The van der Waals surface area contributed by atoms with E-state index in [9.17, 15) is 9.90 Å². The highest BCUT2D eigenvalue weighted by molar-refractivity contribution is 9.10. The Morgan fingerprint density at radius 2 is 2.15 bits per heavy atom. The first-order chi connectivity index (χ1) is 13.0. The molecule has 0 unspecified atom stereocenters. The fourth-order valence-electron chi connectivity index (χ4n) is 2.91. The second kappa shape index (κ2) is 8.99. The molecule has 1 fully saturated rings. The molecular weight excluding hydrogens is 430 g/mol. The van der Waals surface area contributed by atoms with Gasteiger partial charge in [0, 0.05) is 5.75 Å². The third kappa shape index (κ3) is 4.97. The van der Waals surface area contributed by atoms with E-state index >= 15 is 0 Å². The number of rotatable bonds is 7. The van der Waals surface area contributed by atoms with Gasteiger partial charge in [-0.1, -0.05) is 29.8 Å². The van der Waals surface area contributed by atoms with Crippen molar-refractivity contribution in [2.75, 3.05) is 12.4 Å². The summed E-state index contributed by atoms with van der Waals surface area (Å²) < 4.78 is 12.6. The van der Waals surface area contributed by atoms with Gasteiger partial charge in [-0.25, -0.2) is 0 Å². The minimum absolute atomic E-state index is 0.0903. The summed E-state index contributed by atoms with van der Waals surface area (Å²) in [7, 11) is 0. The monoisotopic (exact) mass is 451 g/mol. The molecule has 2 aromatic rings. The molecule has 5 nitrogen and oxygen atoms in total. The number of carboxylic acid groups (broad SMARTS) is 1. The highest BCUT2D eigenvalue weighted by atomic mass is 79.9. The van der Waals surface area contributed by atoms with Crippen LogP contribution in [0.25, 0.3) is 0 Å². The number of hydrogen-bond acceptors (Lipinski definition) is 5. The molecule has 2 aromatic carbocycles. The SMILES string of the molecule is CCOc1cc([C@@H]2N[C@@H](C(=O)O)CS2)cc(Br)c1OCc1cccc(C)c1. The Morgan fingerprint density at radius 1 is 1.33 bits per heavy atom. The first-order valence-corrected chi connectivity index (χ1v) is 10.6. The lowest BCUT2D eigenvalue weighted by atomic mass is 10.1. The largest absolute Gasteiger partial charge is 0.490 e. The van der Waals surface area contributed by atoms with Gasteiger partial charge in [0.05, 0.1) is 16.5 Å². The molecule has 144 valence electrons. The normalized spacial score (nSPS) is 19.1. The second-order valence-corrected chi connectivity index (χ2v) is 8.30. The number of benzene rings is 2. The van der Waals surface area contributed by atoms with Crippen molar-refractivity contribution >= 4 is 33.7 Å². The highest BCUT2D eigenvalue weighted by Crippen LogP contribution is 2.42. The predicted molar refractivity (Wildman–Crippen MR) is 111 cm³/mol. The van der Waals surface area contributed by atoms with Gasteiger partial charge in [0.15, 0.2) is 11.5 Å². The standard InChI is InChI=1S/C20H22BrNO4S/c1-3-25-17-9-14(19-22-16(11-27-19)20(23)24)8-15(21)18(17)26-10-13-6-4-5-12(2)7-13/h4-9,16,19,22H,3,10-11H2,1-2H3,(H,23,24)/t16-,19-/m1/s1. The molecule has 2 N–H and O–H groups in total. The molecule has 7 heteroatoms. The molecule has 0 aliphatic carbocycles. The van der Waals surface area contributed by atoms with E-state index in [1.54, 1.807) is 11.8 Å². The van der Waals surface area contributed by atoms with Gasteiger partial charge in [-0.3, -0.25) is 10.1 Å². The zero-order chi connectivity index (χ0) is 19.4. The molecule has 27 heavy (non-hydrogen) atoms. The van der Waals surface area contributed by atoms with Crippen LogP contribution in [0.3, 0.4) is 0 Å². The zero-order valence-corrected chi connectivity index (χ0v) is 17.6. The summed E-state index contributed by atoms with van der Waals surface area (Å²) in [6.45, 7) is 4.93. The third-order valence-corrected chi connectivity index (χ3v) is 6.04. The molecule has 1 aliphatic rings. The van der Waals surface area contributed by atoms with Gasteiger partial charge in [-0.05, 0) is 53.0 Å². The van der Waals surface area contributed by atoms with Crippen LogP contribution in [0.15, 0.2) is 40.9 Å². The van der Waals surface area contributed by atoms with E-state index in [0.29, 0.717) is 30.5 Å². The van der Waals surface area contributed by atoms with Crippen LogP contribution in [-0.2, 0) is 11.4 Å². The van der Waals surface area contributed by atoms with E-state index in [0.717, 1.165) is 15.6 Å².